The van der Waals surface area contributed by atoms with Crippen LogP contribution in [0.4, 0.5) is 0 Å². The van der Waals surface area contributed by atoms with Crippen molar-refractivity contribution in [3.05, 3.63) is 53.2 Å². The minimum Gasteiger partial charge on any atom is -0.508 e. The summed E-state index contributed by atoms with van der Waals surface area (Å²) in [6.07, 6.45) is 0.576. The Hall–Kier alpha value is -3.36. The summed E-state index contributed by atoms with van der Waals surface area (Å²) in [6, 6.07) is 11.0. The van der Waals surface area contributed by atoms with Gasteiger partial charge in [0, 0.05) is 45.3 Å². The summed E-state index contributed by atoms with van der Waals surface area (Å²) < 4.78 is 5.62. The van der Waals surface area contributed by atoms with Gasteiger partial charge in [-0.2, -0.15) is 0 Å². The Bertz CT molecular complexity index is 1150. The van der Waals surface area contributed by atoms with Crippen LogP contribution in [0.15, 0.2) is 40.9 Å². The third-order valence-electron chi connectivity index (χ3n) is 6.31. The highest BCUT2D eigenvalue weighted by Crippen LogP contribution is 2.41. The Morgan fingerprint density at radius 1 is 1.06 bits per heavy atom. The van der Waals surface area contributed by atoms with Gasteiger partial charge in [0.25, 0.3) is 5.91 Å². The van der Waals surface area contributed by atoms with E-state index < -0.39 is 0 Å². The fourth-order valence-corrected chi connectivity index (χ4v) is 4.27. The topological polar surface area (TPSA) is 102 Å². The summed E-state index contributed by atoms with van der Waals surface area (Å²) in [5.74, 6) is -0.175. The molecule has 2 heterocycles. The van der Waals surface area contributed by atoms with Crippen molar-refractivity contribution in [2.75, 3.05) is 39.8 Å². The number of piperazine rings is 1. The maximum absolute atomic E-state index is 12.8. The Morgan fingerprint density at radius 3 is 2.41 bits per heavy atom. The molecule has 3 aromatic rings. The smallest absolute Gasteiger partial charge is 0.274 e. The van der Waals surface area contributed by atoms with E-state index in [2.05, 4.69) is 39.5 Å². The summed E-state index contributed by atoms with van der Waals surface area (Å²) >= 11 is 0. The first kappa shape index (κ1) is 23.8. The summed E-state index contributed by atoms with van der Waals surface area (Å²) in [5.41, 5.74) is 3.68. The number of aryl methyl sites for hydroxylation is 1. The zero-order chi connectivity index (χ0) is 24.2. The Morgan fingerprint density at radius 2 is 1.76 bits per heavy atom. The number of amides is 1. The SMILES string of the molecule is CCNC(=O)c1noc(-c2cc(CC)c(O)cc2O)c1-c1ccc(CN2CCN(C)CC2)cc1. The number of nitrogens with zero attached hydrogens (tertiary/aromatic N) is 3. The predicted molar refractivity (Wildman–Crippen MR) is 131 cm³/mol. The second-order valence-electron chi connectivity index (χ2n) is 8.72. The molecule has 1 aliphatic heterocycles. The van der Waals surface area contributed by atoms with Crippen LogP contribution in [0.5, 0.6) is 11.5 Å². The maximum Gasteiger partial charge on any atom is 0.274 e. The minimum absolute atomic E-state index is 0.0158. The number of phenolic OH excluding ortho intramolecular Hbond substituents is 2. The minimum atomic E-state index is -0.344. The highest BCUT2D eigenvalue weighted by molar-refractivity contribution is 6.02. The molecule has 180 valence electrons. The molecule has 1 fully saturated rings. The molecule has 4 rings (SSSR count). The van der Waals surface area contributed by atoms with Crippen molar-refractivity contribution in [2.24, 2.45) is 0 Å². The van der Waals surface area contributed by atoms with Crippen LogP contribution in [0.25, 0.3) is 22.5 Å². The Labute approximate surface area is 199 Å². The Kier molecular flexibility index (Phi) is 7.19. The van der Waals surface area contributed by atoms with Crippen LogP contribution in [-0.4, -0.2) is 70.8 Å². The van der Waals surface area contributed by atoms with Crippen LogP contribution >= 0.6 is 0 Å². The molecule has 8 heteroatoms. The van der Waals surface area contributed by atoms with Crippen molar-refractivity contribution in [1.82, 2.24) is 20.3 Å². The number of carbonyl (C=O) groups excluding carboxylic acids is 1. The second kappa shape index (κ2) is 10.3. The standard InChI is InChI=1S/C26H32N4O4/c1-4-18-14-20(22(32)15-21(18)31)25-23(24(28-34-25)26(33)27-5-2)19-8-6-17(7-9-19)16-30-12-10-29(3)11-13-30/h6-9,14-15,31-32H,4-5,10-13,16H2,1-3H3,(H,27,33). The fraction of sp³-hybridized carbons (Fsp3) is 0.385. The van der Waals surface area contributed by atoms with E-state index in [0.717, 1.165) is 38.3 Å². The maximum atomic E-state index is 12.8. The van der Waals surface area contributed by atoms with E-state index in [1.807, 2.05) is 26.0 Å². The van der Waals surface area contributed by atoms with Crippen LogP contribution in [0, 0.1) is 0 Å². The molecule has 0 atom stereocenters. The zero-order valence-corrected chi connectivity index (χ0v) is 20.0. The van der Waals surface area contributed by atoms with Crippen molar-refractivity contribution in [3.63, 3.8) is 0 Å². The number of hydrogen-bond acceptors (Lipinski definition) is 7. The molecule has 1 aliphatic rings. The number of hydrogen-bond donors (Lipinski definition) is 3. The van der Waals surface area contributed by atoms with Crippen LogP contribution in [-0.2, 0) is 13.0 Å². The van der Waals surface area contributed by atoms with Gasteiger partial charge in [-0.05, 0) is 43.1 Å². The molecule has 1 amide bonds. The van der Waals surface area contributed by atoms with Gasteiger partial charge in [-0.25, -0.2) is 0 Å². The van der Waals surface area contributed by atoms with Gasteiger partial charge >= 0.3 is 0 Å². The fourth-order valence-electron chi connectivity index (χ4n) is 4.27. The first-order valence-corrected chi connectivity index (χ1v) is 11.7. The van der Waals surface area contributed by atoms with E-state index in [4.69, 9.17) is 4.52 Å². The van der Waals surface area contributed by atoms with Crippen molar-refractivity contribution in [1.29, 1.82) is 0 Å². The molecule has 0 saturated carbocycles. The lowest BCUT2D eigenvalue weighted by atomic mass is 9.96. The molecule has 0 unspecified atom stereocenters. The average molecular weight is 465 g/mol. The lowest BCUT2D eigenvalue weighted by molar-refractivity contribution is 0.0947. The van der Waals surface area contributed by atoms with Crippen molar-refractivity contribution >= 4 is 5.91 Å². The largest absolute Gasteiger partial charge is 0.508 e. The summed E-state index contributed by atoms with van der Waals surface area (Å²) in [6.45, 7) is 9.27. The molecule has 1 aromatic heterocycles. The van der Waals surface area contributed by atoms with E-state index in [0.29, 0.717) is 35.4 Å². The number of aromatic nitrogens is 1. The third-order valence-corrected chi connectivity index (χ3v) is 6.31. The van der Waals surface area contributed by atoms with E-state index in [9.17, 15) is 15.0 Å². The molecule has 3 N–H and O–H groups in total. The number of carbonyl (C=O) groups is 1. The third kappa shape index (κ3) is 4.93. The van der Waals surface area contributed by atoms with Gasteiger partial charge in [-0.1, -0.05) is 36.3 Å². The van der Waals surface area contributed by atoms with Gasteiger partial charge in [-0.3, -0.25) is 9.69 Å². The number of nitrogens with one attached hydrogen (secondary N) is 1. The molecule has 1 saturated heterocycles. The van der Waals surface area contributed by atoms with Gasteiger partial charge in [-0.15, -0.1) is 0 Å². The predicted octanol–water partition coefficient (Wildman–Crippen LogP) is 3.48. The van der Waals surface area contributed by atoms with Crippen LogP contribution < -0.4 is 5.32 Å². The van der Waals surface area contributed by atoms with Crippen LogP contribution in [0.1, 0.15) is 35.5 Å². The van der Waals surface area contributed by atoms with E-state index in [-0.39, 0.29) is 23.1 Å². The zero-order valence-electron chi connectivity index (χ0n) is 20.0. The molecular weight excluding hydrogens is 432 g/mol. The molecular formula is C26H32N4O4. The highest BCUT2D eigenvalue weighted by atomic mass is 16.5. The summed E-state index contributed by atoms with van der Waals surface area (Å²) in [5, 5.41) is 27.5. The molecule has 0 aliphatic carbocycles. The van der Waals surface area contributed by atoms with Crippen LogP contribution in [0.2, 0.25) is 0 Å². The van der Waals surface area contributed by atoms with Gasteiger partial charge in [0.05, 0.1) is 11.1 Å². The number of phenols is 2. The number of aromatic hydroxyl groups is 2. The lowest BCUT2D eigenvalue weighted by Gasteiger charge is -2.32. The van der Waals surface area contributed by atoms with Crippen molar-refractivity contribution < 1.29 is 19.5 Å². The molecule has 0 spiro atoms. The summed E-state index contributed by atoms with van der Waals surface area (Å²) in [4.78, 5) is 17.5. The van der Waals surface area contributed by atoms with E-state index in [1.165, 1.54) is 11.6 Å². The van der Waals surface area contributed by atoms with Crippen LogP contribution in [0.3, 0.4) is 0 Å². The van der Waals surface area contributed by atoms with E-state index >= 15 is 0 Å². The molecule has 0 radical (unpaired) electrons. The van der Waals surface area contributed by atoms with Crippen molar-refractivity contribution in [2.45, 2.75) is 26.8 Å². The second-order valence-corrected chi connectivity index (χ2v) is 8.72. The molecule has 2 aromatic carbocycles. The molecule has 0 bridgehead atoms. The lowest BCUT2D eigenvalue weighted by Crippen LogP contribution is -2.43. The summed E-state index contributed by atoms with van der Waals surface area (Å²) in [7, 11) is 2.14. The average Bonchev–Trinajstić information content (AvgIpc) is 3.26. The van der Waals surface area contributed by atoms with Gasteiger partial charge in [0.1, 0.15) is 11.5 Å². The Balaban J connectivity index is 1.71. The van der Waals surface area contributed by atoms with Gasteiger partial charge in [0.2, 0.25) is 0 Å². The van der Waals surface area contributed by atoms with Gasteiger partial charge in [0.15, 0.2) is 11.5 Å². The quantitative estimate of drug-likeness (QED) is 0.492. The molecule has 34 heavy (non-hydrogen) atoms. The number of rotatable bonds is 7. The molecule has 8 nitrogen and oxygen atoms in total. The first-order chi connectivity index (χ1) is 16.4. The monoisotopic (exact) mass is 464 g/mol. The number of benzene rings is 2. The van der Waals surface area contributed by atoms with Gasteiger partial charge < -0.3 is 25.0 Å². The van der Waals surface area contributed by atoms with E-state index in [1.54, 1.807) is 6.07 Å². The number of likely N-dealkylation sites (N-methyl/N-ethyl adjacent to an activating group) is 1. The van der Waals surface area contributed by atoms with Crippen molar-refractivity contribution in [3.8, 4) is 33.9 Å². The highest BCUT2D eigenvalue weighted by Gasteiger charge is 2.26. The first-order valence-electron chi connectivity index (χ1n) is 11.7. The normalized spacial score (nSPS) is 14.9.